The minimum atomic E-state index is -0.668. The molecule has 0 aromatic heterocycles. The van der Waals surface area contributed by atoms with E-state index in [1.54, 1.807) is 12.1 Å². The highest BCUT2D eigenvalue weighted by Gasteiger charge is 2.16. The molecule has 2 unspecified atom stereocenters. The highest BCUT2D eigenvalue weighted by molar-refractivity contribution is 5.33. The van der Waals surface area contributed by atoms with Gasteiger partial charge in [-0.2, -0.15) is 0 Å². The summed E-state index contributed by atoms with van der Waals surface area (Å²) in [4.78, 5) is 10.1. The van der Waals surface area contributed by atoms with Crippen molar-refractivity contribution in [2.24, 2.45) is 0 Å². The molecule has 1 aromatic carbocycles. The van der Waals surface area contributed by atoms with E-state index in [0.29, 0.717) is 18.6 Å². The lowest BCUT2D eigenvalue weighted by molar-refractivity contribution is -0.384. The first kappa shape index (κ1) is 12.7. The van der Waals surface area contributed by atoms with Crippen molar-refractivity contribution >= 4 is 5.69 Å². The van der Waals surface area contributed by atoms with E-state index in [4.69, 9.17) is 4.74 Å². The van der Waals surface area contributed by atoms with E-state index in [2.05, 4.69) is 0 Å². The predicted octanol–water partition coefficient (Wildman–Crippen LogP) is 2.36. The van der Waals surface area contributed by atoms with Crippen molar-refractivity contribution in [3.05, 3.63) is 52.1 Å². The molecule has 1 aromatic rings. The fourth-order valence-electron chi connectivity index (χ4n) is 1.91. The van der Waals surface area contributed by atoms with E-state index in [-0.39, 0.29) is 11.8 Å². The molecule has 0 bridgehead atoms. The van der Waals surface area contributed by atoms with Gasteiger partial charge in [-0.25, -0.2) is 0 Å². The van der Waals surface area contributed by atoms with Crippen LogP contribution >= 0.6 is 0 Å². The standard InChI is InChI=1S/C13H15NO4/c15-13(9-12-3-1-2-8-18-12)10-4-6-11(7-5-10)14(16)17/h1,3-7,12-13,15H,2,8-9H2. The summed E-state index contributed by atoms with van der Waals surface area (Å²) in [5, 5.41) is 20.5. The fraction of sp³-hybridized carbons (Fsp3) is 0.385. The first-order chi connectivity index (χ1) is 8.66. The number of nitrogens with zero attached hydrogens (tertiary/aromatic N) is 1. The minimum absolute atomic E-state index is 0.0276. The second kappa shape index (κ2) is 5.75. The van der Waals surface area contributed by atoms with Crippen LogP contribution in [-0.2, 0) is 4.74 Å². The van der Waals surface area contributed by atoms with Gasteiger partial charge in [0.2, 0.25) is 0 Å². The van der Waals surface area contributed by atoms with Gasteiger partial charge in [0, 0.05) is 18.6 Å². The van der Waals surface area contributed by atoms with E-state index >= 15 is 0 Å². The first-order valence-corrected chi connectivity index (χ1v) is 5.87. The van der Waals surface area contributed by atoms with Crippen molar-refractivity contribution in [1.29, 1.82) is 0 Å². The van der Waals surface area contributed by atoms with Gasteiger partial charge in [0.25, 0.3) is 5.69 Å². The molecule has 5 nitrogen and oxygen atoms in total. The van der Waals surface area contributed by atoms with Gasteiger partial charge in [-0.05, 0) is 24.1 Å². The Morgan fingerprint density at radius 3 is 2.72 bits per heavy atom. The Balaban J connectivity index is 1.99. The van der Waals surface area contributed by atoms with Crippen LogP contribution in [0.5, 0.6) is 0 Å². The Labute approximate surface area is 105 Å². The second-order valence-electron chi connectivity index (χ2n) is 4.23. The molecule has 1 aliphatic rings. The molecule has 2 rings (SSSR count). The van der Waals surface area contributed by atoms with Crippen molar-refractivity contribution in [2.75, 3.05) is 6.61 Å². The molecule has 0 radical (unpaired) electrons. The lowest BCUT2D eigenvalue weighted by Crippen LogP contribution is -2.17. The molecular weight excluding hydrogens is 234 g/mol. The number of aliphatic hydroxyl groups excluding tert-OH is 1. The van der Waals surface area contributed by atoms with E-state index in [9.17, 15) is 15.2 Å². The number of nitro benzene ring substituents is 1. The van der Waals surface area contributed by atoms with Gasteiger partial charge in [-0.3, -0.25) is 10.1 Å². The number of ether oxygens (including phenoxy) is 1. The molecule has 1 aliphatic heterocycles. The maximum atomic E-state index is 10.5. The topological polar surface area (TPSA) is 72.6 Å². The summed E-state index contributed by atoms with van der Waals surface area (Å²) in [6.45, 7) is 0.675. The highest BCUT2D eigenvalue weighted by atomic mass is 16.6. The third kappa shape index (κ3) is 3.15. The van der Waals surface area contributed by atoms with E-state index in [0.717, 1.165) is 6.42 Å². The fourth-order valence-corrected chi connectivity index (χ4v) is 1.91. The number of benzene rings is 1. The van der Waals surface area contributed by atoms with Crippen LogP contribution < -0.4 is 0 Å². The molecule has 0 saturated heterocycles. The number of aliphatic hydroxyl groups is 1. The normalized spacial score (nSPS) is 20.6. The third-order valence-corrected chi connectivity index (χ3v) is 2.91. The van der Waals surface area contributed by atoms with Crippen LogP contribution in [0.2, 0.25) is 0 Å². The Kier molecular flexibility index (Phi) is 4.07. The maximum Gasteiger partial charge on any atom is 0.269 e. The van der Waals surface area contributed by atoms with Crippen LogP contribution in [0.4, 0.5) is 5.69 Å². The summed E-state index contributed by atoms with van der Waals surface area (Å²) >= 11 is 0. The van der Waals surface area contributed by atoms with Crippen LogP contribution in [0.25, 0.3) is 0 Å². The largest absolute Gasteiger partial charge is 0.388 e. The summed E-state index contributed by atoms with van der Waals surface area (Å²) in [6, 6.07) is 5.96. The summed E-state index contributed by atoms with van der Waals surface area (Å²) in [5.41, 5.74) is 0.697. The molecule has 1 N–H and O–H groups in total. The summed E-state index contributed by atoms with van der Waals surface area (Å²) in [6.07, 6.45) is 4.61. The quantitative estimate of drug-likeness (QED) is 0.505. The molecule has 0 amide bonds. The van der Waals surface area contributed by atoms with Crippen LogP contribution in [-0.4, -0.2) is 22.7 Å². The van der Waals surface area contributed by atoms with E-state index in [1.165, 1.54) is 12.1 Å². The zero-order chi connectivity index (χ0) is 13.0. The smallest absolute Gasteiger partial charge is 0.269 e. The number of hydrogen-bond acceptors (Lipinski definition) is 4. The molecule has 0 fully saturated rings. The van der Waals surface area contributed by atoms with Gasteiger partial charge in [0.05, 0.1) is 23.7 Å². The van der Waals surface area contributed by atoms with Crippen molar-refractivity contribution in [2.45, 2.75) is 25.0 Å². The zero-order valence-corrected chi connectivity index (χ0v) is 9.86. The first-order valence-electron chi connectivity index (χ1n) is 5.87. The van der Waals surface area contributed by atoms with Gasteiger partial charge in [0.15, 0.2) is 0 Å². The Bertz CT molecular complexity index is 441. The maximum absolute atomic E-state index is 10.5. The molecule has 2 atom stereocenters. The van der Waals surface area contributed by atoms with E-state index < -0.39 is 11.0 Å². The van der Waals surface area contributed by atoms with Crippen molar-refractivity contribution in [1.82, 2.24) is 0 Å². The van der Waals surface area contributed by atoms with Crippen molar-refractivity contribution in [3.8, 4) is 0 Å². The minimum Gasteiger partial charge on any atom is -0.388 e. The van der Waals surface area contributed by atoms with Gasteiger partial charge < -0.3 is 9.84 Å². The Hall–Kier alpha value is -1.72. The van der Waals surface area contributed by atoms with Crippen LogP contribution in [0.1, 0.15) is 24.5 Å². The van der Waals surface area contributed by atoms with Crippen LogP contribution in [0, 0.1) is 10.1 Å². The lowest BCUT2D eigenvalue weighted by Gasteiger charge is -2.20. The van der Waals surface area contributed by atoms with Crippen LogP contribution in [0.15, 0.2) is 36.4 Å². The molecular formula is C13H15NO4. The monoisotopic (exact) mass is 249 g/mol. The lowest BCUT2D eigenvalue weighted by atomic mass is 10.0. The van der Waals surface area contributed by atoms with Gasteiger partial charge in [-0.1, -0.05) is 12.2 Å². The SMILES string of the molecule is O=[N+]([O-])c1ccc(C(O)CC2C=CCCO2)cc1. The third-order valence-electron chi connectivity index (χ3n) is 2.91. The number of nitro groups is 1. The Morgan fingerprint density at radius 1 is 1.44 bits per heavy atom. The molecule has 0 spiro atoms. The summed E-state index contributed by atoms with van der Waals surface area (Å²) in [7, 11) is 0. The van der Waals surface area contributed by atoms with Crippen molar-refractivity contribution in [3.63, 3.8) is 0 Å². The van der Waals surface area contributed by atoms with Gasteiger partial charge >= 0.3 is 0 Å². The molecule has 18 heavy (non-hydrogen) atoms. The van der Waals surface area contributed by atoms with E-state index in [1.807, 2.05) is 12.2 Å². The number of rotatable bonds is 4. The van der Waals surface area contributed by atoms with Gasteiger partial charge in [-0.15, -0.1) is 0 Å². The average molecular weight is 249 g/mol. The Morgan fingerprint density at radius 2 is 2.17 bits per heavy atom. The molecule has 0 aliphatic carbocycles. The summed E-state index contributed by atoms with van der Waals surface area (Å²) < 4.78 is 5.48. The predicted molar refractivity (Wildman–Crippen MR) is 66.2 cm³/mol. The van der Waals surface area contributed by atoms with Crippen LogP contribution in [0.3, 0.4) is 0 Å². The van der Waals surface area contributed by atoms with Crippen molar-refractivity contribution < 1.29 is 14.8 Å². The highest BCUT2D eigenvalue weighted by Crippen LogP contribution is 2.23. The zero-order valence-electron chi connectivity index (χ0n) is 9.86. The molecule has 96 valence electrons. The van der Waals surface area contributed by atoms with Gasteiger partial charge in [0.1, 0.15) is 0 Å². The average Bonchev–Trinajstić information content (AvgIpc) is 2.40. The summed E-state index contributed by atoms with van der Waals surface area (Å²) in [5.74, 6) is 0. The molecule has 0 saturated carbocycles. The number of non-ortho nitro benzene ring substituents is 1. The molecule has 5 heteroatoms. The second-order valence-corrected chi connectivity index (χ2v) is 4.23. The molecule has 1 heterocycles. The number of hydrogen-bond donors (Lipinski definition) is 1.